The molecule has 4 atom stereocenters. The van der Waals surface area contributed by atoms with Crippen molar-refractivity contribution in [2.24, 2.45) is 0 Å². The zero-order valence-electron chi connectivity index (χ0n) is 10.7. The Balaban J connectivity index is 1.97. The van der Waals surface area contributed by atoms with Crippen LogP contribution in [-0.2, 0) is 4.74 Å². The van der Waals surface area contributed by atoms with Crippen LogP contribution in [0, 0.1) is 0 Å². The number of fused-ring (bicyclic) bond motifs is 1. The van der Waals surface area contributed by atoms with Gasteiger partial charge in [-0.2, -0.15) is 11.8 Å². The van der Waals surface area contributed by atoms with Gasteiger partial charge < -0.3 is 20.7 Å². The standard InChI is InChI=1S/C11H15N5O3S/c1-20-2-5-7(17)8(18)11(19-5)16-4-15-6-9(12)13-3-14-10(6)16/h3-5,7-8,11,17-18H,2H2,1H3,(H2,12,13,14)/t5-,7?,8?,11-/m1/s1. The van der Waals surface area contributed by atoms with E-state index >= 15 is 0 Å². The molecule has 3 heterocycles. The minimum Gasteiger partial charge on any atom is -0.387 e. The maximum atomic E-state index is 10.1. The number of hydrogen-bond acceptors (Lipinski definition) is 8. The Morgan fingerprint density at radius 1 is 1.35 bits per heavy atom. The number of nitrogen functional groups attached to an aromatic ring is 1. The summed E-state index contributed by atoms with van der Waals surface area (Å²) in [6, 6.07) is 0. The molecule has 0 saturated carbocycles. The van der Waals surface area contributed by atoms with Crippen molar-refractivity contribution in [3.8, 4) is 0 Å². The van der Waals surface area contributed by atoms with Gasteiger partial charge in [-0.25, -0.2) is 15.0 Å². The first-order valence-corrected chi connectivity index (χ1v) is 7.46. The second-order valence-corrected chi connectivity index (χ2v) is 5.50. The second-order valence-electron chi connectivity index (χ2n) is 4.58. The van der Waals surface area contributed by atoms with Crippen molar-refractivity contribution < 1.29 is 14.9 Å². The molecule has 1 fully saturated rings. The minimum absolute atomic E-state index is 0.266. The van der Waals surface area contributed by atoms with E-state index < -0.39 is 24.5 Å². The quantitative estimate of drug-likeness (QED) is 0.686. The maximum absolute atomic E-state index is 10.1. The summed E-state index contributed by atoms with van der Waals surface area (Å²) in [6.07, 6.45) is 1.58. The van der Waals surface area contributed by atoms with Gasteiger partial charge in [0.15, 0.2) is 17.7 Å². The largest absolute Gasteiger partial charge is 0.387 e. The van der Waals surface area contributed by atoms with Crippen LogP contribution in [0.1, 0.15) is 6.23 Å². The fraction of sp³-hybridized carbons (Fsp3) is 0.545. The molecule has 0 spiro atoms. The zero-order chi connectivity index (χ0) is 14.3. The summed E-state index contributed by atoms with van der Waals surface area (Å²) in [5, 5.41) is 20.2. The zero-order valence-corrected chi connectivity index (χ0v) is 11.6. The molecule has 0 aliphatic carbocycles. The van der Waals surface area contributed by atoms with Crippen LogP contribution in [0.3, 0.4) is 0 Å². The van der Waals surface area contributed by atoms with E-state index in [0.29, 0.717) is 16.9 Å². The van der Waals surface area contributed by atoms with Gasteiger partial charge in [-0.1, -0.05) is 0 Å². The summed E-state index contributed by atoms with van der Waals surface area (Å²) < 4.78 is 7.29. The van der Waals surface area contributed by atoms with E-state index in [9.17, 15) is 10.2 Å². The van der Waals surface area contributed by atoms with Gasteiger partial charge in [0.25, 0.3) is 0 Å². The molecule has 4 N–H and O–H groups in total. The van der Waals surface area contributed by atoms with Crippen LogP contribution in [0.5, 0.6) is 0 Å². The number of nitrogens with two attached hydrogens (primary N) is 1. The molecule has 0 radical (unpaired) electrons. The average molecular weight is 297 g/mol. The minimum atomic E-state index is -1.04. The predicted molar refractivity (Wildman–Crippen MR) is 74.0 cm³/mol. The molecular formula is C11H15N5O3S. The lowest BCUT2D eigenvalue weighted by atomic mass is 10.1. The number of thioether (sulfide) groups is 1. The summed E-state index contributed by atoms with van der Waals surface area (Å²) >= 11 is 1.54. The number of nitrogens with zero attached hydrogens (tertiary/aromatic N) is 4. The maximum Gasteiger partial charge on any atom is 0.167 e. The Kier molecular flexibility index (Phi) is 3.50. The highest BCUT2D eigenvalue weighted by Crippen LogP contribution is 2.32. The molecule has 0 aromatic carbocycles. The topological polar surface area (TPSA) is 119 Å². The van der Waals surface area contributed by atoms with E-state index in [1.165, 1.54) is 12.7 Å². The van der Waals surface area contributed by atoms with Gasteiger partial charge in [-0.15, -0.1) is 0 Å². The van der Waals surface area contributed by atoms with Crippen LogP contribution in [0.4, 0.5) is 5.82 Å². The number of rotatable bonds is 3. The molecule has 2 aromatic rings. The number of imidazole rings is 1. The Morgan fingerprint density at radius 3 is 2.90 bits per heavy atom. The van der Waals surface area contributed by atoms with Crippen LogP contribution in [0.15, 0.2) is 12.7 Å². The molecule has 9 heteroatoms. The van der Waals surface area contributed by atoms with Crippen molar-refractivity contribution >= 4 is 28.7 Å². The molecule has 108 valence electrons. The number of anilines is 1. The summed E-state index contributed by atoms with van der Waals surface area (Å²) in [5.74, 6) is 0.862. The first kappa shape index (κ1) is 13.6. The molecule has 1 aliphatic heterocycles. The number of aromatic nitrogens is 4. The van der Waals surface area contributed by atoms with E-state index in [2.05, 4.69) is 15.0 Å². The van der Waals surface area contributed by atoms with E-state index in [1.54, 1.807) is 16.3 Å². The Bertz CT molecular complexity index is 621. The average Bonchev–Trinajstić information content (AvgIpc) is 2.97. The van der Waals surface area contributed by atoms with Gasteiger partial charge in [0.05, 0.1) is 12.4 Å². The van der Waals surface area contributed by atoms with Gasteiger partial charge in [0.2, 0.25) is 0 Å². The summed E-state index contributed by atoms with van der Waals surface area (Å²) in [5.41, 5.74) is 6.64. The number of aliphatic hydroxyl groups excluding tert-OH is 2. The Labute approximate surface area is 119 Å². The fourth-order valence-electron chi connectivity index (χ4n) is 2.32. The second kappa shape index (κ2) is 5.17. The van der Waals surface area contributed by atoms with Crippen molar-refractivity contribution in [3.63, 3.8) is 0 Å². The summed E-state index contributed by atoms with van der Waals surface area (Å²) in [4.78, 5) is 12.1. The van der Waals surface area contributed by atoms with Crippen molar-refractivity contribution in [1.82, 2.24) is 19.5 Å². The summed E-state index contributed by atoms with van der Waals surface area (Å²) in [7, 11) is 0. The van der Waals surface area contributed by atoms with Gasteiger partial charge >= 0.3 is 0 Å². The first-order chi connectivity index (χ1) is 9.63. The first-order valence-electron chi connectivity index (χ1n) is 6.07. The number of hydrogen-bond donors (Lipinski definition) is 3. The Hall–Kier alpha value is -1.42. The normalized spacial score (nSPS) is 30.1. The third-order valence-electron chi connectivity index (χ3n) is 3.33. The van der Waals surface area contributed by atoms with Crippen molar-refractivity contribution in [1.29, 1.82) is 0 Å². The molecule has 1 aliphatic rings. The van der Waals surface area contributed by atoms with Crippen LogP contribution in [0.25, 0.3) is 11.2 Å². The highest BCUT2D eigenvalue weighted by Gasteiger charge is 2.43. The lowest BCUT2D eigenvalue weighted by molar-refractivity contribution is -0.0288. The lowest BCUT2D eigenvalue weighted by Crippen LogP contribution is -2.32. The fourth-order valence-corrected chi connectivity index (χ4v) is 2.92. The summed E-state index contributed by atoms with van der Waals surface area (Å²) in [6.45, 7) is 0. The molecule has 2 aromatic heterocycles. The molecule has 20 heavy (non-hydrogen) atoms. The van der Waals surface area contributed by atoms with Crippen LogP contribution in [0.2, 0.25) is 0 Å². The van der Waals surface area contributed by atoms with Gasteiger partial charge in [-0.3, -0.25) is 4.57 Å². The van der Waals surface area contributed by atoms with E-state index in [-0.39, 0.29) is 5.82 Å². The van der Waals surface area contributed by atoms with Crippen LogP contribution < -0.4 is 5.73 Å². The smallest absolute Gasteiger partial charge is 0.167 e. The van der Waals surface area contributed by atoms with Crippen molar-refractivity contribution in [3.05, 3.63) is 12.7 Å². The monoisotopic (exact) mass is 297 g/mol. The lowest BCUT2D eigenvalue weighted by Gasteiger charge is -2.16. The van der Waals surface area contributed by atoms with Crippen LogP contribution in [-0.4, -0.2) is 60.1 Å². The highest BCUT2D eigenvalue weighted by atomic mass is 32.2. The highest BCUT2D eigenvalue weighted by molar-refractivity contribution is 7.98. The predicted octanol–water partition coefficient (Wildman–Crippen LogP) is -0.609. The molecule has 1 saturated heterocycles. The SMILES string of the molecule is CSC[C@H]1O[C@@H](n2cnc3c(N)ncnc32)C(O)C1O. The van der Waals surface area contributed by atoms with Crippen molar-refractivity contribution in [2.45, 2.75) is 24.5 Å². The van der Waals surface area contributed by atoms with Crippen molar-refractivity contribution in [2.75, 3.05) is 17.7 Å². The van der Waals surface area contributed by atoms with E-state index in [4.69, 9.17) is 10.5 Å². The van der Waals surface area contributed by atoms with E-state index in [0.717, 1.165) is 0 Å². The van der Waals surface area contributed by atoms with Gasteiger partial charge in [0.1, 0.15) is 24.1 Å². The molecule has 2 unspecified atom stereocenters. The van der Waals surface area contributed by atoms with Crippen LogP contribution >= 0.6 is 11.8 Å². The Morgan fingerprint density at radius 2 is 2.15 bits per heavy atom. The third-order valence-corrected chi connectivity index (χ3v) is 3.99. The molecule has 0 amide bonds. The van der Waals surface area contributed by atoms with E-state index in [1.807, 2.05) is 6.26 Å². The van der Waals surface area contributed by atoms with Gasteiger partial charge in [-0.05, 0) is 6.26 Å². The molecule has 8 nitrogen and oxygen atoms in total. The number of ether oxygens (including phenoxy) is 1. The molecule has 0 bridgehead atoms. The molecule has 3 rings (SSSR count). The van der Waals surface area contributed by atoms with Gasteiger partial charge in [0, 0.05) is 5.75 Å². The third kappa shape index (κ3) is 2.03. The number of aliphatic hydroxyl groups is 2. The molecular weight excluding hydrogens is 282 g/mol.